The van der Waals surface area contributed by atoms with Crippen molar-refractivity contribution >= 4 is 27.6 Å². The second kappa shape index (κ2) is 7.64. The fourth-order valence-electron chi connectivity index (χ4n) is 2.32. The maximum Gasteiger partial charge on any atom is 0.321 e. The molecule has 2 amide bonds. The Bertz CT molecular complexity index is 430. The van der Waals surface area contributed by atoms with E-state index in [0.717, 1.165) is 49.3 Å². The summed E-state index contributed by atoms with van der Waals surface area (Å²) in [5.41, 5.74) is 0.821. The van der Waals surface area contributed by atoms with Gasteiger partial charge in [-0.15, -0.1) is 0 Å². The average Bonchev–Trinajstić information content (AvgIpc) is 2.94. The van der Waals surface area contributed by atoms with Crippen LogP contribution in [0.15, 0.2) is 28.7 Å². The van der Waals surface area contributed by atoms with Crippen LogP contribution in [-0.4, -0.2) is 37.2 Å². The molecule has 1 aromatic rings. The zero-order valence-corrected chi connectivity index (χ0v) is 13.4. The van der Waals surface area contributed by atoms with Crippen molar-refractivity contribution in [2.45, 2.75) is 19.8 Å². The van der Waals surface area contributed by atoms with Crippen molar-refractivity contribution in [3.05, 3.63) is 28.7 Å². The van der Waals surface area contributed by atoms with Gasteiger partial charge >= 0.3 is 6.03 Å². The number of anilines is 1. The largest absolute Gasteiger partial charge is 0.381 e. The molecule has 1 aliphatic heterocycles. The van der Waals surface area contributed by atoms with Gasteiger partial charge in [0.05, 0.1) is 6.61 Å². The maximum absolute atomic E-state index is 12.3. The monoisotopic (exact) mass is 340 g/mol. The second-order valence-corrected chi connectivity index (χ2v) is 6.03. The molecule has 0 aliphatic carbocycles. The third-order valence-corrected chi connectivity index (χ3v) is 3.91. The molecule has 1 aromatic carbocycles. The Morgan fingerprint density at radius 2 is 2.20 bits per heavy atom. The SMILES string of the molecule is CCCN(CC1CCOC1)C(=O)Nc1ccc(Br)cc1. The highest BCUT2D eigenvalue weighted by atomic mass is 79.9. The van der Waals surface area contributed by atoms with Crippen LogP contribution in [0.1, 0.15) is 19.8 Å². The summed E-state index contributed by atoms with van der Waals surface area (Å²) in [4.78, 5) is 14.2. The summed E-state index contributed by atoms with van der Waals surface area (Å²) < 4.78 is 6.39. The van der Waals surface area contributed by atoms with E-state index in [2.05, 4.69) is 28.2 Å². The molecule has 0 spiro atoms. The minimum atomic E-state index is -0.0268. The van der Waals surface area contributed by atoms with Gasteiger partial charge in [-0.05, 0) is 37.1 Å². The molecule has 1 N–H and O–H groups in total. The van der Waals surface area contributed by atoms with E-state index in [1.54, 1.807) is 0 Å². The van der Waals surface area contributed by atoms with E-state index in [-0.39, 0.29) is 6.03 Å². The van der Waals surface area contributed by atoms with Crippen molar-refractivity contribution in [1.82, 2.24) is 4.90 Å². The topological polar surface area (TPSA) is 41.6 Å². The second-order valence-electron chi connectivity index (χ2n) is 5.11. The zero-order chi connectivity index (χ0) is 14.4. The fraction of sp³-hybridized carbons (Fsp3) is 0.533. The van der Waals surface area contributed by atoms with Crippen LogP contribution in [0.25, 0.3) is 0 Å². The third kappa shape index (κ3) is 4.49. The van der Waals surface area contributed by atoms with Gasteiger partial charge in [0, 0.05) is 35.8 Å². The van der Waals surface area contributed by atoms with E-state index >= 15 is 0 Å². The third-order valence-electron chi connectivity index (χ3n) is 3.38. The molecule has 1 atom stereocenters. The van der Waals surface area contributed by atoms with Gasteiger partial charge in [-0.25, -0.2) is 4.79 Å². The van der Waals surface area contributed by atoms with E-state index < -0.39 is 0 Å². The van der Waals surface area contributed by atoms with Gasteiger partial charge in [-0.2, -0.15) is 0 Å². The van der Waals surface area contributed by atoms with Crippen LogP contribution in [0.4, 0.5) is 10.5 Å². The Morgan fingerprint density at radius 1 is 1.45 bits per heavy atom. The molecule has 1 unspecified atom stereocenters. The Kier molecular flexibility index (Phi) is 5.86. The number of nitrogens with zero attached hydrogens (tertiary/aromatic N) is 1. The summed E-state index contributed by atoms with van der Waals surface area (Å²) in [6.07, 6.45) is 2.01. The quantitative estimate of drug-likeness (QED) is 0.887. The van der Waals surface area contributed by atoms with E-state index in [4.69, 9.17) is 4.74 Å². The average molecular weight is 341 g/mol. The van der Waals surface area contributed by atoms with Crippen LogP contribution < -0.4 is 5.32 Å². The van der Waals surface area contributed by atoms with Crippen molar-refractivity contribution in [2.24, 2.45) is 5.92 Å². The van der Waals surface area contributed by atoms with Gasteiger partial charge in [0.15, 0.2) is 0 Å². The molecule has 1 saturated heterocycles. The van der Waals surface area contributed by atoms with Gasteiger partial charge < -0.3 is 15.0 Å². The standard InChI is InChI=1S/C15H21BrN2O2/c1-2-8-18(10-12-7-9-20-11-12)15(19)17-14-5-3-13(16)4-6-14/h3-6,12H,2,7-11H2,1H3,(H,17,19). The van der Waals surface area contributed by atoms with Crippen molar-refractivity contribution in [2.75, 3.05) is 31.6 Å². The number of carbonyl (C=O) groups is 1. The summed E-state index contributed by atoms with van der Waals surface area (Å²) >= 11 is 3.39. The molecule has 20 heavy (non-hydrogen) atoms. The number of amides is 2. The fourth-order valence-corrected chi connectivity index (χ4v) is 2.58. The molecular formula is C15H21BrN2O2. The van der Waals surface area contributed by atoms with Crippen LogP contribution in [0.3, 0.4) is 0 Å². The summed E-state index contributed by atoms with van der Waals surface area (Å²) in [6.45, 7) is 5.23. The predicted octanol–water partition coefficient (Wildman–Crippen LogP) is 3.73. The first-order valence-corrected chi connectivity index (χ1v) is 7.87. The molecule has 0 saturated carbocycles. The Labute approximate surface area is 128 Å². The van der Waals surface area contributed by atoms with E-state index in [1.165, 1.54) is 0 Å². The highest BCUT2D eigenvalue weighted by Gasteiger charge is 2.22. The number of ether oxygens (including phenoxy) is 1. The molecule has 1 heterocycles. The lowest BCUT2D eigenvalue weighted by Gasteiger charge is -2.25. The molecule has 1 aliphatic rings. The van der Waals surface area contributed by atoms with E-state index in [0.29, 0.717) is 5.92 Å². The lowest BCUT2D eigenvalue weighted by atomic mass is 10.1. The lowest BCUT2D eigenvalue weighted by Crippen LogP contribution is -2.39. The Balaban J connectivity index is 1.93. The van der Waals surface area contributed by atoms with Gasteiger partial charge in [0.1, 0.15) is 0 Å². The number of hydrogen-bond acceptors (Lipinski definition) is 2. The van der Waals surface area contributed by atoms with Crippen LogP contribution in [0, 0.1) is 5.92 Å². The van der Waals surface area contributed by atoms with Crippen molar-refractivity contribution < 1.29 is 9.53 Å². The summed E-state index contributed by atoms with van der Waals surface area (Å²) in [6, 6.07) is 7.60. The number of rotatable bonds is 5. The minimum absolute atomic E-state index is 0.0268. The first-order chi connectivity index (χ1) is 9.69. The van der Waals surface area contributed by atoms with Crippen molar-refractivity contribution in [3.8, 4) is 0 Å². The molecule has 0 bridgehead atoms. The lowest BCUT2D eigenvalue weighted by molar-refractivity contribution is 0.169. The van der Waals surface area contributed by atoms with Crippen LogP contribution >= 0.6 is 15.9 Å². The summed E-state index contributed by atoms with van der Waals surface area (Å²) in [5.74, 6) is 0.470. The molecule has 5 heteroatoms. The number of urea groups is 1. The smallest absolute Gasteiger partial charge is 0.321 e. The van der Waals surface area contributed by atoms with Gasteiger partial charge in [-0.1, -0.05) is 22.9 Å². The van der Waals surface area contributed by atoms with Crippen LogP contribution in [0.2, 0.25) is 0 Å². The Hall–Kier alpha value is -1.07. The first kappa shape index (κ1) is 15.3. The molecule has 4 nitrogen and oxygen atoms in total. The molecular weight excluding hydrogens is 320 g/mol. The highest BCUT2D eigenvalue weighted by molar-refractivity contribution is 9.10. The predicted molar refractivity (Wildman–Crippen MR) is 84.0 cm³/mol. The number of nitrogens with one attached hydrogen (secondary N) is 1. The molecule has 0 aromatic heterocycles. The first-order valence-electron chi connectivity index (χ1n) is 7.08. The minimum Gasteiger partial charge on any atom is -0.381 e. The zero-order valence-electron chi connectivity index (χ0n) is 11.8. The normalized spacial score (nSPS) is 18.0. The number of halogens is 1. The summed E-state index contributed by atoms with van der Waals surface area (Å²) in [5, 5.41) is 2.95. The van der Waals surface area contributed by atoms with Gasteiger partial charge in [-0.3, -0.25) is 0 Å². The Morgan fingerprint density at radius 3 is 2.80 bits per heavy atom. The van der Waals surface area contributed by atoms with Crippen LogP contribution in [0.5, 0.6) is 0 Å². The number of hydrogen-bond donors (Lipinski definition) is 1. The molecule has 1 fully saturated rings. The van der Waals surface area contributed by atoms with Crippen molar-refractivity contribution in [3.63, 3.8) is 0 Å². The van der Waals surface area contributed by atoms with E-state index in [9.17, 15) is 4.79 Å². The highest BCUT2D eigenvalue weighted by Crippen LogP contribution is 2.17. The van der Waals surface area contributed by atoms with Gasteiger partial charge in [0.25, 0.3) is 0 Å². The number of carbonyl (C=O) groups excluding carboxylic acids is 1. The maximum atomic E-state index is 12.3. The molecule has 0 radical (unpaired) electrons. The van der Waals surface area contributed by atoms with Crippen LogP contribution in [-0.2, 0) is 4.74 Å². The van der Waals surface area contributed by atoms with Gasteiger partial charge in [0.2, 0.25) is 0 Å². The molecule has 110 valence electrons. The van der Waals surface area contributed by atoms with Crippen molar-refractivity contribution in [1.29, 1.82) is 0 Å². The number of benzene rings is 1. The molecule has 2 rings (SSSR count). The summed E-state index contributed by atoms with van der Waals surface area (Å²) in [7, 11) is 0. The van der Waals surface area contributed by atoms with E-state index in [1.807, 2.05) is 29.2 Å².